The molecule has 0 aliphatic rings. The number of benzene rings is 2. The molecule has 1 atom stereocenters. The number of methoxy groups -OCH3 is 1. The quantitative estimate of drug-likeness (QED) is 0.205. The van der Waals surface area contributed by atoms with E-state index < -0.39 is 23.0 Å². The summed E-state index contributed by atoms with van der Waals surface area (Å²) < 4.78 is 24.8. The number of esters is 1. The molecule has 0 aliphatic heterocycles. The molecule has 0 radical (unpaired) electrons. The van der Waals surface area contributed by atoms with Gasteiger partial charge in [0.25, 0.3) is 5.69 Å². The van der Waals surface area contributed by atoms with Crippen molar-refractivity contribution >= 4 is 66.7 Å². The van der Waals surface area contributed by atoms with Gasteiger partial charge in [0.1, 0.15) is 17.3 Å². The van der Waals surface area contributed by atoms with Gasteiger partial charge >= 0.3 is 5.97 Å². The topological polar surface area (TPSA) is 108 Å². The summed E-state index contributed by atoms with van der Waals surface area (Å²) >= 11 is 12.0. The molecule has 8 nitrogen and oxygen atoms in total. The number of hydrogen-bond donors (Lipinski definition) is 1. The van der Waals surface area contributed by atoms with Crippen LogP contribution in [0.15, 0.2) is 39.3 Å². The number of anilines is 1. The summed E-state index contributed by atoms with van der Waals surface area (Å²) in [6.45, 7) is 0. The number of nitro groups is 1. The van der Waals surface area contributed by atoms with Crippen LogP contribution in [0.4, 0.5) is 15.8 Å². The highest BCUT2D eigenvalue weighted by molar-refractivity contribution is 9.11. The maximum atomic E-state index is 13.8. The number of nitro benzene ring substituents is 1. The average molecular weight is 569 g/mol. The fourth-order valence-electron chi connectivity index (χ4n) is 2.38. The first-order valence-electron chi connectivity index (χ1n) is 8.18. The maximum absolute atomic E-state index is 13.8. The van der Waals surface area contributed by atoms with Crippen molar-refractivity contribution in [2.24, 2.45) is 0 Å². The van der Waals surface area contributed by atoms with E-state index in [2.05, 4.69) is 41.9 Å². The van der Waals surface area contributed by atoms with Crippen molar-refractivity contribution in [2.75, 3.05) is 18.3 Å². The van der Waals surface area contributed by atoms with Crippen molar-refractivity contribution in [3.05, 3.63) is 55.0 Å². The Bertz CT molecular complexity index is 968. The average Bonchev–Trinajstić information content (AvgIpc) is 2.70. The van der Waals surface area contributed by atoms with Crippen molar-refractivity contribution in [1.29, 1.82) is 0 Å². The second-order valence-corrected chi connectivity index (χ2v) is 7.78. The number of alkyl halides is 2. The summed E-state index contributed by atoms with van der Waals surface area (Å²) in [4.78, 5) is 33.3. The number of carbonyl (C=O) groups excluding carboxylic acids is 2. The minimum absolute atomic E-state index is 0.0247. The highest BCUT2D eigenvalue weighted by Crippen LogP contribution is 2.40. The first-order valence-corrected chi connectivity index (χ1v) is 10.3. The fourth-order valence-corrected chi connectivity index (χ4v) is 3.89. The zero-order valence-electron chi connectivity index (χ0n) is 15.3. The molecule has 1 N–H and O–H groups in total. The van der Waals surface area contributed by atoms with Crippen molar-refractivity contribution in [3.8, 4) is 11.5 Å². The van der Waals surface area contributed by atoms with Crippen molar-refractivity contribution in [2.45, 2.75) is 12.6 Å². The van der Waals surface area contributed by atoms with Gasteiger partial charge in [-0.2, -0.15) is 0 Å². The number of hydrogen-bond acceptors (Lipinski definition) is 6. The predicted octanol–water partition coefficient (Wildman–Crippen LogP) is 5.14. The molecule has 1 unspecified atom stereocenters. The van der Waals surface area contributed by atoms with Crippen LogP contribution in [-0.2, 0) is 20.7 Å². The van der Waals surface area contributed by atoms with Gasteiger partial charge in [-0.3, -0.25) is 14.9 Å². The van der Waals surface area contributed by atoms with Gasteiger partial charge < -0.3 is 14.8 Å². The lowest BCUT2D eigenvalue weighted by molar-refractivity contribution is -0.384. The molecule has 0 heterocycles. The lowest BCUT2D eigenvalue weighted by atomic mass is 10.1. The molecule has 0 saturated heterocycles. The lowest BCUT2D eigenvalue weighted by Crippen LogP contribution is -2.19. The zero-order chi connectivity index (χ0) is 22.4. The Labute approximate surface area is 192 Å². The molecule has 0 saturated carbocycles. The molecular weight excluding hydrogens is 554 g/mol. The number of nitrogens with one attached hydrogen (secondary N) is 1. The Kier molecular flexibility index (Phi) is 8.56. The fraction of sp³-hybridized carbons (Fsp3) is 0.222. The highest BCUT2D eigenvalue weighted by Gasteiger charge is 2.21. The number of halogens is 4. The van der Waals surface area contributed by atoms with Crippen LogP contribution in [0.5, 0.6) is 11.5 Å². The number of carbonyl (C=O) groups is 2. The summed E-state index contributed by atoms with van der Waals surface area (Å²) in [6.07, 6.45) is -2.02. The summed E-state index contributed by atoms with van der Waals surface area (Å²) in [5, 5.41) is 13.7. The minimum Gasteiger partial charge on any atom is -0.467 e. The molecule has 30 heavy (non-hydrogen) atoms. The molecule has 160 valence electrons. The molecular formula is C18H14Br2ClFN2O6. The number of ether oxygens (including phenoxy) is 2. The number of rotatable bonds is 8. The van der Waals surface area contributed by atoms with Crippen LogP contribution in [0, 0.1) is 10.1 Å². The van der Waals surface area contributed by atoms with E-state index in [0.717, 1.165) is 13.2 Å². The Morgan fingerprint density at radius 3 is 2.43 bits per heavy atom. The summed E-state index contributed by atoms with van der Waals surface area (Å²) in [6, 6.07) is 7.00. The van der Waals surface area contributed by atoms with Gasteiger partial charge in [-0.05, 0) is 61.7 Å². The van der Waals surface area contributed by atoms with Gasteiger partial charge in [-0.1, -0.05) is 0 Å². The molecule has 2 aromatic carbocycles. The highest BCUT2D eigenvalue weighted by atomic mass is 79.9. The largest absolute Gasteiger partial charge is 0.467 e. The minimum atomic E-state index is -1.82. The monoisotopic (exact) mass is 566 g/mol. The van der Waals surface area contributed by atoms with Crippen LogP contribution < -0.4 is 10.1 Å². The molecule has 12 heteroatoms. The van der Waals surface area contributed by atoms with Crippen molar-refractivity contribution < 1.29 is 28.4 Å². The van der Waals surface area contributed by atoms with Crippen LogP contribution in [-0.4, -0.2) is 36.0 Å². The summed E-state index contributed by atoms with van der Waals surface area (Å²) in [5.41, 5.74) is 0.0839. The van der Waals surface area contributed by atoms with E-state index in [1.165, 1.54) is 12.1 Å². The third-order valence-electron chi connectivity index (χ3n) is 3.71. The van der Waals surface area contributed by atoms with Crippen LogP contribution in [0.1, 0.15) is 5.56 Å². The van der Waals surface area contributed by atoms with E-state index in [9.17, 15) is 24.1 Å². The SMILES string of the molecule is COC(=O)C(F)Cc1cc(Br)c(Oc2ccc(NC(=O)CCl)c([N+](=O)[O-])c2)c(Br)c1. The van der Waals surface area contributed by atoms with Gasteiger partial charge in [0.15, 0.2) is 5.75 Å². The maximum Gasteiger partial charge on any atom is 0.340 e. The lowest BCUT2D eigenvalue weighted by Gasteiger charge is -2.13. The molecule has 1 amide bonds. The molecule has 0 aliphatic carbocycles. The first kappa shape index (κ1) is 24.0. The van der Waals surface area contributed by atoms with E-state index in [1.54, 1.807) is 12.1 Å². The molecule has 0 fully saturated rings. The standard InChI is InChI=1S/C18H14Br2ClFN2O6/c1-29-18(26)13(22)6-9-4-11(19)17(12(20)5-9)30-10-2-3-14(23-16(25)8-21)15(7-10)24(27)28/h2-5,7,13H,6,8H2,1H3,(H,23,25). The first-order chi connectivity index (χ1) is 14.2. The third-order valence-corrected chi connectivity index (χ3v) is 5.13. The van der Waals surface area contributed by atoms with Gasteiger partial charge in [0, 0.05) is 6.42 Å². The Balaban J connectivity index is 2.29. The summed E-state index contributed by atoms with van der Waals surface area (Å²) in [7, 11) is 1.10. The molecule has 0 spiro atoms. The van der Waals surface area contributed by atoms with E-state index in [0.29, 0.717) is 14.5 Å². The molecule has 0 bridgehead atoms. The molecule has 2 aromatic rings. The van der Waals surface area contributed by atoms with Crippen LogP contribution >= 0.6 is 43.5 Å². The predicted molar refractivity (Wildman–Crippen MR) is 115 cm³/mol. The summed E-state index contributed by atoms with van der Waals surface area (Å²) in [5.74, 6) is -1.52. The Hall–Kier alpha value is -2.24. The number of amides is 1. The van der Waals surface area contributed by atoms with E-state index in [4.69, 9.17) is 16.3 Å². The van der Waals surface area contributed by atoms with E-state index in [-0.39, 0.29) is 35.2 Å². The molecule has 2 rings (SSSR count). The second-order valence-electron chi connectivity index (χ2n) is 5.80. The van der Waals surface area contributed by atoms with Crippen molar-refractivity contribution in [3.63, 3.8) is 0 Å². The smallest absolute Gasteiger partial charge is 0.340 e. The van der Waals surface area contributed by atoms with Gasteiger partial charge in [0.2, 0.25) is 12.1 Å². The van der Waals surface area contributed by atoms with Crippen molar-refractivity contribution in [1.82, 2.24) is 0 Å². The van der Waals surface area contributed by atoms with Gasteiger partial charge in [0.05, 0.1) is 27.0 Å². The van der Waals surface area contributed by atoms with E-state index >= 15 is 0 Å². The van der Waals surface area contributed by atoms with Crippen LogP contribution in [0.2, 0.25) is 0 Å². The Morgan fingerprint density at radius 1 is 1.27 bits per heavy atom. The molecule has 0 aromatic heterocycles. The zero-order valence-corrected chi connectivity index (χ0v) is 19.2. The third kappa shape index (κ3) is 6.13. The Morgan fingerprint density at radius 2 is 1.90 bits per heavy atom. The van der Waals surface area contributed by atoms with E-state index in [1.807, 2.05) is 0 Å². The van der Waals surface area contributed by atoms with Gasteiger partial charge in [-0.15, -0.1) is 11.6 Å². The second kappa shape index (κ2) is 10.7. The normalized spacial score (nSPS) is 11.5. The van der Waals surface area contributed by atoms with Crippen LogP contribution in [0.3, 0.4) is 0 Å². The van der Waals surface area contributed by atoms with Crippen LogP contribution in [0.25, 0.3) is 0 Å². The van der Waals surface area contributed by atoms with Gasteiger partial charge in [-0.25, -0.2) is 9.18 Å². The number of nitrogens with zero attached hydrogens (tertiary/aromatic N) is 1.